The first-order valence-electron chi connectivity index (χ1n) is 17.1. The summed E-state index contributed by atoms with van der Waals surface area (Å²) >= 11 is 0. The lowest BCUT2D eigenvalue weighted by Crippen LogP contribution is -2.25. The molecule has 2 aromatic heterocycles. The minimum absolute atomic E-state index is 0.161. The van der Waals surface area contributed by atoms with Crippen molar-refractivity contribution in [2.45, 2.75) is 77.8 Å². The lowest BCUT2D eigenvalue weighted by Gasteiger charge is -2.17. The number of hydrogen-bond donors (Lipinski definition) is 2. The van der Waals surface area contributed by atoms with Gasteiger partial charge in [0.2, 0.25) is 17.7 Å². The van der Waals surface area contributed by atoms with E-state index in [-0.39, 0.29) is 11.9 Å². The molecule has 2 fully saturated rings. The predicted octanol–water partition coefficient (Wildman–Crippen LogP) is 7.17. The summed E-state index contributed by atoms with van der Waals surface area (Å²) in [6, 6.07) is 21.4. The van der Waals surface area contributed by atoms with Crippen LogP contribution in [0.25, 0.3) is 33.6 Å². The van der Waals surface area contributed by atoms with Crippen LogP contribution in [0.3, 0.4) is 0 Å². The molecule has 2 aliphatic rings. The molecule has 8 heteroatoms. The smallest absolute Gasteiger partial charge is 0.220 e. The highest BCUT2D eigenvalue weighted by molar-refractivity contribution is 5.83. The van der Waals surface area contributed by atoms with Crippen molar-refractivity contribution in [1.82, 2.24) is 20.6 Å². The van der Waals surface area contributed by atoms with Gasteiger partial charge in [0.15, 0.2) is 0 Å². The number of carbonyl (C=O) groups excluding carboxylic acids is 2. The molecule has 8 nitrogen and oxygen atoms in total. The van der Waals surface area contributed by atoms with E-state index in [4.69, 9.17) is 19.4 Å². The molecule has 2 N–H and O–H groups in total. The molecule has 1 aliphatic heterocycles. The van der Waals surface area contributed by atoms with E-state index in [1.54, 1.807) is 14.2 Å². The summed E-state index contributed by atoms with van der Waals surface area (Å²) in [5.74, 6) is 2.21. The first-order valence-corrected chi connectivity index (χ1v) is 17.1. The van der Waals surface area contributed by atoms with Gasteiger partial charge in [-0.1, -0.05) is 48.5 Å². The highest BCUT2D eigenvalue weighted by Crippen LogP contribution is 2.37. The summed E-state index contributed by atoms with van der Waals surface area (Å²) in [6.45, 7) is 5.77. The minimum Gasteiger partial charge on any atom is -0.481 e. The molecular formula is C40H46N4O4. The Morgan fingerprint density at radius 1 is 0.771 bits per heavy atom. The fourth-order valence-electron chi connectivity index (χ4n) is 7.24. The zero-order valence-electron chi connectivity index (χ0n) is 28.5. The number of rotatable bonds is 13. The Hall–Kier alpha value is -4.56. The van der Waals surface area contributed by atoms with Gasteiger partial charge in [-0.3, -0.25) is 9.59 Å². The van der Waals surface area contributed by atoms with Crippen molar-refractivity contribution in [3.05, 3.63) is 82.9 Å². The molecule has 1 aliphatic carbocycles. The quantitative estimate of drug-likeness (QED) is 0.159. The number of hydrogen-bond acceptors (Lipinski definition) is 7. The van der Waals surface area contributed by atoms with E-state index in [0.29, 0.717) is 49.3 Å². The summed E-state index contributed by atoms with van der Waals surface area (Å²) in [5.41, 5.74) is 10.5. The minimum atomic E-state index is 0.161. The Kier molecular flexibility index (Phi) is 10.5. The first kappa shape index (κ1) is 33.3. The van der Waals surface area contributed by atoms with Gasteiger partial charge in [0.1, 0.15) is 5.78 Å². The van der Waals surface area contributed by atoms with Crippen LogP contribution in [0.15, 0.2) is 60.7 Å². The van der Waals surface area contributed by atoms with Crippen LogP contribution in [0.5, 0.6) is 11.8 Å². The summed E-state index contributed by atoms with van der Waals surface area (Å²) in [4.78, 5) is 33.0. The molecule has 3 heterocycles. The summed E-state index contributed by atoms with van der Waals surface area (Å²) < 4.78 is 11.5. The van der Waals surface area contributed by atoms with E-state index in [0.717, 1.165) is 94.5 Å². The van der Waals surface area contributed by atoms with Gasteiger partial charge in [0.25, 0.3) is 0 Å². The molecule has 250 valence electrons. The maximum atomic E-state index is 11.6. The van der Waals surface area contributed by atoms with Gasteiger partial charge in [-0.05, 0) is 92.8 Å². The number of Topliss-reactive ketones (excluding diaryl/α,β-unsaturated/α-hetero) is 1. The van der Waals surface area contributed by atoms with E-state index in [1.165, 1.54) is 0 Å². The number of nitrogens with one attached hydrogen (secondary N) is 2. The Bertz CT molecular complexity index is 1670. The van der Waals surface area contributed by atoms with Crippen LogP contribution in [0.1, 0.15) is 67.2 Å². The monoisotopic (exact) mass is 646 g/mol. The Balaban J connectivity index is 1.20. The second kappa shape index (κ2) is 15.1. The number of methoxy groups -OCH3 is 2. The van der Waals surface area contributed by atoms with Crippen LogP contribution >= 0.6 is 0 Å². The van der Waals surface area contributed by atoms with Crippen molar-refractivity contribution in [1.29, 1.82) is 0 Å². The highest BCUT2D eigenvalue weighted by atomic mass is 16.5. The molecule has 1 amide bonds. The molecule has 1 saturated heterocycles. The first-order chi connectivity index (χ1) is 23.3. The van der Waals surface area contributed by atoms with Gasteiger partial charge in [-0.2, -0.15) is 0 Å². The number of ether oxygens (including phenoxy) is 2. The lowest BCUT2D eigenvalue weighted by molar-refractivity contribution is -0.119. The second-order valence-electron chi connectivity index (χ2n) is 13.2. The van der Waals surface area contributed by atoms with Crippen molar-refractivity contribution in [2.75, 3.05) is 20.8 Å². The summed E-state index contributed by atoms with van der Waals surface area (Å²) in [5, 5.41) is 6.56. The fourth-order valence-corrected chi connectivity index (χ4v) is 7.24. The number of amides is 1. The Labute approximate surface area is 283 Å². The number of benzene rings is 2. The van der Waals surface area contributed by atoms with Crippen molar-refractivity contribution in [2.24, 2.45) is 5.92 Å². The molecule has 6 rings (SSSR count). The molecule has 4 aromatic rings. The van der Waals surface area contributed by atoms with Crippen molar-refractivity contribution < 1.29 is 19.1 Å². The molecule has 2 aromatic carbocycles. The van der Waals surface area contributed by atoms with E-state index >= 15 is 0 Å². The standard InChI is InChI=1S/C40H46N4O4/c1-25-32(10-6-12-34(25)36-19-15-28(39(43-36)47-3)8-5-9-30-17-21-38(46)42-30)33-11-7-13-35(26(33)2)37-20-16-29(40(44-37)48-4)24-41-23-27-14-18-31(45)22-27/h6-7,10-13,15-16,19-20,27,30,41H,5,8-9,14,17-18,21-24H2,1-4H3,(H,42,46). The number of carbonyl (C=O) groups is 2. The van der Waals surface area contributed by atoms with Gasteiger partial charge >= 0.3 is 0 Å². The van der Waals surface area contributed by atoms with Gasteiger partial charge < -0.3 is 20.1 Å². The normalized spacial score (nSPS) is 17.5. The van der Waals surface area contributed by atoms with Crippen molar-refractivity contribution in [3.63, 3.8) is 0 Å². The predicted molar refractivity (Wildman–Crippen MR) is 189 cm³/mol. The third-order valence-electron chi connectivity index (χ3n) is 9.95. The molecule has 48 heavy (non-hydrogen) atoms. The van der Waals surface area contributed by atoms with Crippen molar-refractivity contribution in [3.8, 4) is 45.4 Å². The number of aryl methyl sites for hydroxylation is 1. The SMILES string of the molecule is COc1nc(-c2cccc(-c3cccc(-c4ccc(CNCC5CCC(=O)C5)c(OC)n4)c3C)c2C)ccc1CCCC1CCC(=O)N1. The zero-order chi connectivity index (χ0) is 33.6. The molecule has 2 unspecified atom stereocenters. The van der Waals surface area contributed by atoms with E-state index in [2.05, 4.69) is 85.1 Å². The van der Waals surface area contributed by atoms with Crippen LogP contribution in [0.2, 0.25) is 0 Å². The summed E-state index contributed by atoms with van der Waals surface area (Å²) in [7, 11) is 3.34. The van der Waals surface area contributed by atoms with Gasteiger partial charge in [0, 0.05) is 54.1 Å². The molecular weight excluding hydrogens is 600 g/mol. The maximum Gasteiger partial charge on any atom is 0.220 e. The van der Waals surface area contributed by atoms with Crippen LogP contribution in [-0.2, 0) is 22.6 Å². The lowest BCUT2D eigenvalue weighted by atomic mass is 9.89. The van der Waals surface area contributed by atoms with Gasteiger partial charge in [-0.25, -0.2) is 9.97 Å². The van der Waals surface area contributed by atoms with E-state index < -0.39 is 0 Å². The Morgan fingerprint density at radius 3 is 1.94 bits per heavy atom. The molecule has 1 saturated carbocycles. The number of ketones is 1. The summed E-state index contributed by atoms with van der Waals surface area (Å²) in [6.07, 6.45) is 6.70. The number of aromatic nitrogens is 2. The number of pyridine rings is 2. The van der Waals surface area contributed by atoms with Crippen LogP contribution in [-0.4, -0.2) is 48.5 Å². The molecule has 0 radical (unpaired) electrons. The highest BCUT2D eigenvalue weighted by Gasteiger charge is 2.22. The topological polar surface area (TPSA) is 102 Å². The van der Waals surface area contributed by atoms with Gasteiger partial charge in [-0.15, -0.1) is 0 Å². The van der Waals surface area contributed by atoms with Crippen LogP contribution in [0.4, 0.5) is 0 Å². The van der Waals surface area contributed by atoms with Crippen molar-refractivity contribution >= 4 is 11.7 Å². The van der Waals surface area contributed by atoms with E-state index in [9.17, 15) is 9.59 Å². The molecule has 0 bridgehead atoms. The second-order valence-corrected chi connectivity index (χ2v) is 13.2. The molecule has 0 spiro atoms. The number of nitrogens with zero attached hydrogens (tertiary/aromatic N) is 2. The maximum absolute atomic E-state index is 11.6. The van der Waals surface area contributed by atoms with E-state index in [1.807, 2.05) is 0 Å². The third-order valence-corrected chi connectivity index (χ3v) is 9.95. The average Bonchev–Trinajstić information content (AvgIpc) is 3.72. The largest absolute Gasteiger partial charge is 0.481 e. The third kappa shape index (κ3) is 7.44. The van der Waals surface area contributed by atoms with Crippen LogP contribution in [0, 0.1) is 19.8 Å². The zero-order valence-corrected chi connectivity index (χ0v) is 28.5. The average molecular weight is 647 g/mol. The Morgan fingerprint density at radius 2 is 1.38 bits per heavy atom. The van der Waals surface area contributed by atoms with Gasteiger partial charge in [0.05, 0.1) is 25.6 Å². The molecule has 2 atom stereocenters. The van der Waals surface area contributed by atoms with Crippen LogP contribution < -0.4 is 20.1 Å². The fraction of sp³-hybridized carbons (Fsp3) is 0.400.